The third kappa shape index (κ3) is 10.6. The number of nitrogens with zero attached hydrogens (tertiary/aromatic N) is 11. The number of amides is 2. The molecular weight excluding hydrogens is 1050 g/mol. The SMILES string of the molecule is C=CC(=O)N1CCN(c2nc(=O)n(-c3ccc(/C=C\C(=O)N4CCN(c5nc(=O)n(-c6ccccc6C(C)C)c6nc(-c7cc(OC(F)F)ccc7F)c(Cl)cc56)[C@@H](C)C4)cc3C(C)C)c3nc(N(C)C)c(Cl)cc23)[C@@H](C)C1. The first-order chi connectivity index (χ1) is 37.1. The van der Waals surface area contributed by atoms with Gasteiger partial charge in [-0.15, -0.1) is 0 Å². The Bertz CT molecular complexity index is 3680. The Hall–Kier alpha value is -7.77. The molecule has 2 fully saturated rings. The molecule has 0 unspecified atom stereocenters. The van der Waals surface area contributed by atoms with Gasteiger partial charge < -0.3 is 29.2 Å². The fraction of sp³-hybridized carbons (Fsp3) is 0.333. The molecule has 2 aliphatic heterocycles. The van der Waals surface area contributed by atoms with E-state index in [2.05, 4.69) is 21.3 Å². The van der Waals surface area contributed by atoms with Gasteiger partial charge in [-0.25, -0.2) is 33.1 Å². The monoisotopic (exact) mass is 1100 g/mol. The van der Waals surface area contributed by atoms with E-state index in [4.69, 9.17) is 33.2 Å². The lowest BCUT2D eigenvalue weighted by Crippen LogP contribution is -2.54. The molecule has 2 aliphatic rings. The molecule has 9 rings (SSSR count). The topological polar surface area (TPSA) is 155 Å². The number of halogens is 5. The summed E-state index contributed by atoms with van der Waals surface area (Å²) >= 11 is 13.7. The predicted octanol–water partition coefficient (Wildman–Crippen LogP) is 9.88. The van der Waals surface area contributed by atoms with Crippen LogP contribution in [0.5, 0.6) is 5.75 Å². The van der Waals surface area contributed by atoms with E-state index >= 15 is 4.39 Å². The van der Waals surface area contributed by atoms with E-state index in [1.807, 2.05) is 95.8 Å². The Morgan fingerprint density at radius 3 is 1.85 bits per heavy atom. The number of carbonyl (C=O) groups excluding carboxylic acids is 2. The highest BCUT2D eigenvalue weighted by Gasteiger charge is 2.33. The van der Waals surface area contributed by atoms with Crippen molar-refractivity contribution in [3.8, 4) is 28.4 Å². The van der Waals surface area contributed by atoms with Crippen LogP contribution in [0.2, 0.25) is 10.0 Å². The Morgan fingerprint density at radius 2 is 1.28 bits per heavy atom. The summed E-state index contributed by atoms with van der Waals surface area (Å²) in [4.78, 5) is 83.5. The van der Waals surface area contributed by atoms with Crippen LogP contribution in [0.25, 0.3) is 50.8 Å². The number of carbonyl (C=O) groups is 2. The number of pyridine rings is 2. The number of aromatic nitrogens is 6. The average Bonchev–Trinajstić information content (AvgIpc) is 3.61. The van der Waals surface area contributed by atoms with Crippen molar-refractivity contribution in [2.24, 2.45) is 0 Å². The predicted molar refractivity (Wildman–Crippen MR) is 301 cm³/mol. The molecule has 16 nitrogen and oxygen atoms in total. The van der Waals surface area contributed by atoms with Crippen molar-refractivity contribution >= 4 is 80.6 Å². The van der Waals surface area contributed by atoms with Crippen LogP contribution in [-0.4, -0.2) is 123 Å². The third-order valence-electron chi connectivity index (χ3n) is 14.2. The lowest BCUT2D eigenvalue weighted by atomic mass is 9.98. The van der Waals surface area contributed by atoms with Crippen LogP contribution in [0, 0.1) is 5.82 Å². The Balaban J connectivity index is 1.02. The first-order valence-corrected chi connectivity index (χ1v) is 26.2. The number of fused-ring (bicyclic) bond motifs is 2. The highest BCUT2D eigenvalue weighted by molar-refractivity contribution is 6.34. The molecule has 2 amide bonds. The van der Waals surface area contributed by atoms with Crippen LogP contribution in [0.3, 0.4) is 0 Å². The van der Waals surface area contributed by atoms with Gasteiger partial charge >= 0.3 is 18.0 Å². The van der Waals surface area contributed by atoms with Gasteiger partial charge in [-0.2, -0.15) is 18.7 Å². The van der Waals surface area contributed by atoms with Crippen LogP contribution in [-0.2, 0) is 9.59 Å². The molecule has 4 aromatic heterocycles. The van der Waals surface area contributed by atoms with Crippen LogP contribution < -0.4 is 30.8 Å². The lowest BCUT2D eigenvalue weighted by molar-refractivity contribution is -0.127. The summed E-state index contributed by atoms with van der Waals surface area (Å²) in [5, 5.41) is 1.27. The minimum Gasteiger partial charge on any atom is -0.435 e. The molecule has 0 radical (unpaired) electrons. The number of hydrogen-bond acceptors (Lipinski definition) is 12. The molecule has 2 atom stereocenters. The maximum atomic E-state index is 15.6. The summed E-state index contributed by atoms with van der Waals surface area (Å²) < 4.78 is 49.5. The van der Waals surface area contributed by atoms with Crippen LogP contribution in [0.1, 0.15) is 70.1 Å². The Kier molecular flexibility index (Phi) is 15.7. The third-order valence-corrected chi connectivity index (χ3v) is 14.7. The van der Waals surface area contributed by atoms with E-state index in [1.54, 1.807) is 39.0 Å². The second kappa shape index (κ2) is 22.3. The number of benzene rings is 3. The number of hydrogen-bond donors (Lipinski definition) is 0. The van der Waals surface area contributed by atoms with Crippen molar-refractivity contribution in [3.05, 3.63) is 145 Å². The van der Waals surface area contributed by atoms with Crippen LogP contribution in [0.15, 0.2) is 101 Å². The van der Waals surface area contributed by atoms with Gasteiger partial charge in [-0.3, -0.25) is 9.59 Å². The minimum absolute atomic E-state index is 0.0316. The largest absolute Gasteiger partial charge is 0.435 e. The molecule has 21 heteroatoms. The molecule has 0 bridgehead atoms. The average molecular weight is 1110 g/mol. The second-order valence-electron chi connectivity index (χ2n) is 20.3. The number of para-hydroxylation sites is 1. The standard InChI is InChI=1S/C57H58Cl2F3N11O5/c1-10-47(74)68-21-23-70(33(6)29-68)51-41-28-43(59)54(67(8)9)64-53(41)73(57(77)66-51)46-19-15-35(25-38(46)32(4)5)16-20-48(75)69-22-24-71(34(7)30-69)50-40-27-42(58)49(39-26-36(78-55(61)62)17-18-44(39)60)63-52(40)72(56(76)65-50)45-14-12-11-13-37(45)31(2)3/h10-20,25-28,31-34,55H,1,21-24,29-30H2,2-9H3/b20-16-/t33-,34-/m0/s1. The van der Waals surface area contributed by atoms with Gasteiger partial charge in [-0.1, -0.05) is 81.7 Å². The van der Waals surface area contributed by atoms with Crippen molar-refractivity contribution in [2.45, 2.75) is 72.1 Å². The van der Waals surface area contributed by atoms with E-state index in [9.17, 15) is 28.0 Å². The highest BCUT2D eigenvalue weighted by Crippen LogP contribution is 2.39. The number of ether oxygens (including phenoxy) is 1. The van der Waals surface area contributed by atoms with Gasteiger partial charge in [0.15, 0.2) is 11.3 Å². The molecule has 0 N–H and O–H groups in total. The van der Waals surface area contributed by atoms with Gasteiger partial charge in [-0.05, 0) is 103 Å². The zero-order valence-electron chi connectivity index (χ0n) is 44.3. The molecule has 6 heterocycles. The van der Waals surface area contributed by atoms with Gasteiger partial charge in [0.05, 0.1) is 37.9 Å². The van der Waals surface area contributed by atoms with Gasteiger partial charge in [0, 0.05) is 77.1 Å². The second-order valence-corrected chi connectivity index (χ2v) is 21.1. The maximum absolute atomic E-state index is 15.6. The first-order valence-electron chi connectivity index (χ1n) is 25.5. The molecule has 3 aromatic carbocycles. The van der Waals surface area contributed by atoms with Gasteiger partial charge in [0.25, 0.3) is 0 Å². The summed E-state index contributed by atoms with van der Waals surface area (Å²) in [5.74, 6) is -0.524. The smallest absolute Gasteiger partial charge is 0.387 e. The summed E-state index contributed by atoms with van der Waals surface area (Å²) in [6.07, 6.45) is 4.52. The molecule has 0 aliphatic carbocycles. The van der Waals surface area contributed by atoms with Crippen molar-refractivity contribution in [1.29, 1.82) is 0 Å². The van der Waals surface area contributed by atoms with E-state index < -0.39 is 23.8 Å². The van der Waals surface area contributed by atoms with Crippen molar-refractivity contribution < 1.29 is 27.5 Å². The van der Waals surface area contributed by atoms with E-state index in [0.29, 0.717) is 69.7 Å². The Morgan fingerprint density at radius 1 is 0.718 bits per heavy atom. The molecular formula is C57H58Cl2F3N11O5. The number of rotatable bonds is 13. The van der Waals surface area contributed by atoms with Gasteiger partial charge in [0.2, 0.25) is 11.8 Å². The number of piperazine rings is 2. The normalized spacial score (nSPS) is 16.2. The van der Waals surface area contributed by atoms with Crippen LogP contribution >= 0.6 is 23.2 Å². The summed E-state index contributed by atoms with van der Waals surface area (Å²) in [6, 6.07) is 18.7. The van der Waals surface area contributed by atoms with Crippen molar-refractivity contribution in [2.75, 3.05) is 68.1 Å². The Labute approximate surface area is 458 Å². The zero-order valence-corrected chi connectivity index (χ0v) is 45.9. The maximum Gasteiger partial charge on any atom is 0.387 e. The zero-order chi connectivity index (χ0) is 56.0. The molecule has 2 saturated heterocycles. The van der Waals surface area contributed by atoms with E-state index in [-0.39, 0.29) is 88.9 Å². The van der Waals surface area contributed by atoms with Crippen LogP contribution in [0.4, 0.5) is 30.6 Å². The number of anilines is 3. The summed E-state index contributed by atoms with van der Waals surface area (Å²) in [5.41, 5.74) is 2.31. The van der Waals surface area contributed by atoms with Crippen molar-refractivity contribution in [3.63, 3.8) is 0 Å². The summed E-state index contributed by atoms with van der Waals surface area (Å²) in [7, 11) is 3.63. The fourth-order valence-electron chi connectivity index (χ4n) is 10.3. The number of alkyl halides is 2. The summed E-state index contributed by atoms with van der Waals surface area (Å²) in [6.45, 7) is 14.3. The van der Waals surface area contributed by atoms with Crippen molar-refractivity contribution in [1.82, 2.24) is 38.9 Å². The molecule has 0 spiro atoms. The van der Waals surface area contributed by atoms with E-state index in [0.717, 1.165) is 29.3 Å². The minimum atomic E-state index is -3.16. The molecule has 78 heavy (non-hydrogen) atoms. The quantitative estimate of drug-likeness (QED) is 0.101. The lowest BCUT2D eigenvalue weighted by Gasteiger charge is -2.40. The molecule has 406 valence electrons. The molecule has 0 saturated carbocycles. The molecule has 7 aromatic rings. The fourth-order valence-corrected chi connectivity index (χ4v) is 10.9. The highest BCUT2D eigenvalue weighted by atomic mass is 35.5. The van der Waals surface area contributed by atoms with E-state index in [1.165, 1.54) is 27.4 Å². The first kappa shape index (κ1) is 55.0. The van der Waals surface area contributed by atoms with Gasteiger partial charge in [0.1, 0.15) is 29.0 Å².